The van der Waals surface area contributed by atoms with E-state index < -0.39 is 0 Å². The summed E-state index contributed by atoms with van der Waals surface area (Å²) in [6, 6.07) is 8.67. The number of anilines is 1. The molecule has 3 nitrogen and oxygen atoms in total. The van der Waals surface area contributed by atoms with Crippen molar-refractivity contribution in [1.29, 1.82) is 0 Å². The molecule has 0 spiro atoms. The summed E-state index contributed by atoms with van der Waals surface area (Å²) >= 11 is 0. The predicted octanol–water partition coefficient (Wildman–Crippen LogP) is 4.72. The Labute approximate surface area is 134 Å². The largest absolute Gasteiger partial charge is 0.385 e. The number of nitrogens with one attached hydrogen (secondary N) is 1. The Bertz CT molecular complexity index is 606. The molecule has 1 saturated heterocycles. The van der Waals surface area contributed by atoms with Crippen molar-refractivity contribution in [2.75, 3.05) is 18.5 Å². The minimum atomic E-state index is 0.535. The molecule has 1 unspecified atom stereocenters. The van der Waals surface area contributed by atoms with Gasteiger partial charge in [-0.1, -0.05) is 20.8 Å². The third kappa shape index (κ3) is 4.44. The molecule has 1 atom stereocenters. The molecule has 2 aromatic rings. The third-order valence-electron chi connectivity index (χ3n) is 3.84. The summed E-state index contributed by atoms with van der Waals surface area (Å²) in [6.45, 7) is 10.2. The van der Waals surface area contributed by atoms with Crippen LogP contribution in [0.2, 0.25) is 0 Å². The minimum Gasteiger partial charge on any atom is -0.385 e. The zero-order valence-corrected chi connectivity index (χ0v) is 14.3. The highest BCUT2D eigenvalue weighted by molar-refractivity contribution is 5.85. The molecule has 0 amide bonds. The second-order valence-electron chi connectivity index (χ2n) is 5.53. The number of epoxide rings is 1. The molecule has 22 heavy (non-hydrogen) atoms. The molecule has 1 N–H and O–H groups in total. The molecule has 1 aliphatic rings. The zero-order valence-electron chi connectivity index (χ0n) is 14.3. The van der Waals surface area contributed by atoms with E-state index in [9.17, 15) is 0 Å². The first kappa shape index (κ1) is 16.8. The molecule has 2 heterocycles. The number of hydrogen-bond donors (Lipinski definition) is 1. The Balaban J connectivity index is 0.000000847. The van der Waals surface area contributed by atoms with Gasteiger partial charge in [0.2, 0.25) is 0 Å². The van der Waals surface area contributed by atoms with Crippen LogP contribution >= 0.6 is 0 Å². The summed E-state index contributed by atoms with van der Waals surface area (Å²) in [5.74, 6) is 0. The number of nitrogens with zero attached hydrogens (tertiary/aromatic N) is 1. The van der Waals surface area contributed by atoms with E-state index in [1.54, 1.807) is 0 Å². The van der Waals surface area contributed by atoms with Crippen molar-refractivity contribution < 1.29 is 4.74 Å². The predicted molar refractivity (Wildman–Crippen MR) is 94.7 cm³/mol. The zero-order chi connectivity index (χ0) is 15.9. The van der Waals surface area contributed by atoms with Gasteiger partial charge in [-0.3, -0.25) is 4.98 Å². The minimum absolute atomic E-state index is 0.535. The maximum absolute atomic E-state index is 5.22. The van der Waals surface area contributed by atoms with Crippen molar-refractivity contribution in [1.82, 2.24) is 4.98 Å². The molecule has 3 rings (SSSR count). The molecular weight excluding hydrogens is 272 g/mol. The van der Waals surface area contributed by atoms with Crippen LogP contribution in [0.1, 0.15) is 44.9 Å². The molecule has 3 heteroatoms. The van der Waals surface area contributed by atoms with E-state index in [0.29, 0.717) is 6.10 Å². The molecule has 1 aromatic carbocycles. The van der Waals surface area contributed by atoms with Crippen LogP contribution in [0.25, 0.3) is 10.9 Å². The van der Waals surface area contributed by atoms with E-state index in [1.165, 1.54) is 23.1 Å². The highest BCUT2D eigenvalue weighted by Crippen LogP contribution is 2.23. The number of aromatic nitrogens is 1. The molecule has 120 valence electrons. The van der Waals surface area contributed by atoms with Gasteiger partial charge < -0.3 is 10.1 Å². The van der Waals surface area contributed by atoms with E-state index in [1.807, 2.05) is 13.8 Å². The second kappa shape index (κ2) is 8.14. The average molecular weight is 300 g/mol. The Kier molecular flexibility index (Phi) is 6.20. The number of benzene rings is 1. The summed E-state index contributed by atoms with van der Waals surface area (Å²) in [7, 11) is 0. The summed E-state index contributed by atoms with van der Waals surface area (Å²) in [5.41, 5.74) is 4.76. The van der Waals surface area contributed by atoms with Gasteiger partial charge >= 0.3 is 0 Å². The summed E-state index contributed by atoms with van der Waals surface area (Å²) < 4.78 is 5.22. The maximum Gasteiger partial charge on any atom is 0.0810 e. The first-order chi connectivity index (χ1) is 10.8. The number of rotatable bonds is 6. The monoisotopic (exact) mass is 300 g/mol. The number of ether oxygens (including phenoxy) is 1. The van der Waals surface area contributed by atoms with Gasteiger partial charge in [0.1, 0.15) is 0 Å². The lowest BCUT2D eigenvalue weighted by Gasteiger charge is -2.10. The summed E-state index contributed by atoms with van der Waals surface area (Å²) in [6.07, 6.45) is 3.91. The van der Waals surface area contributed by atoms with Gasteiger partial charge in [-0.2, -0.15) is 0 Å². The van der Waals surface area contributed by atoms with Crippen molar-refractivity contribution in [3.8, 4) is 0 Å². The fourth-order valence-corrected chi connectivity index (χ4v) is 2.64. The lowest BCUT2D eigenvalue weighted by Crippen LogP contribution is -2.03. The Morgan fingerprint density at radius 2 is 2.05 bits per heavy atom. The first-order valence-electron chi connectivity index (χ1n) is 8.52. The van der Waals surface area contributed by atoms with Crippen LogP contribution in [-0.4, -0.2) is 24.2 Å². The van der Waals surface area contributed by atoms with Gasteiger partial charge in [0.25, 0.3) is 0 Å². The van der Waals surface area contributed by atoms with Crippen LogP contribution in [0, 0.1) is 6.92 Å². The standard InChI is InChI=1S/C17H22N2O.C2H6/c1-3-13-9-12(2)19-17-7-6-14(10-16(13)17)18-8-4-5-15-11-20-15;1-2/h6-7,9-10,15,18H,3-5,8,11H2,1-2H3;1-2H3. The van der Waals surface area contributed by atoms with Gasteiger partial charge in [0.15, 0.2) is 0 Å². The van der Waals surface area contributed by atoms with E-state index in [4.69, 9.17) is 4.74 Å². The first-order valence-corrected chi connectivity index (χ1v) is 8.52. The quantitative estimate of drug-likeness (QED) is 0.619. The smallest absolute Gasteiger partial charge is 0.0810 e. The van der Waals surface area contributed by atoms with Crippen LogP contribution in [0.3, 0.4) is 0 Å². The molecule has 1 aromatic heterocycles. The molecule has 1 fully saturated rings. The molecule has 0 saturated carbocycles. The van der Waals surface area contributed by atoms with Crippen LogP contribution < -0.4 is 5.32 Å². The van der Waals surface area contributed by atoms with Crippen molar-refractivity contribution >= 4 is 16.6 Å². The van der Waals surface area contributed by atoms with Crippen molar-refractivity contribution in [3.63, 3.8) is 0 Å². The molecule has 0 bridgehead atoms. The summed E-state index contributed by atoms with van der Waals surface area (Å²) in [4.78, 5) is 4.61. The highest BCUT2D eigenvalue weighted by atomic mass is 16.6. The van der Waals surface area contributed by atoms with Crippen LogP contribution in [0.5, 0.6) is 0 Å². The fourth-order valence-electron chi connectivity index (χ4n) is 2.64. The number of fused-ring (bicyclic) bond motifs is 1. The van der Waals surface area contributed by atoms with E-state index in [2.05, 4.69) is 48.4 Å². The van der Waals surface area contributed by atoms with Gasteiger partial charge in [-0.25, -0.2) is 0 Å². The van der Waals surface area contributed by atoms with E-state index in [-0.39, 0.29) is 0 Å². The van der Waals surface area contributed by atoms with E-state index >= 15 is 0 Å². The van der Waals surface area contributed by atoms with Crippen LogP contribution in [-0.2, 0) is 11.2 Å². The lowest BCUT2D eigenvalue weighted by molar-refractivity contribution is 0.394. The van der Waals surface area contributed by atoms with E-state index in [0.717, 1.165) is 37.2 Å². The van der Waals surface area contributed by atoms with Gasteiger partial charge in [-0.15, -0.1) is 0 Å². The molecular formula is C19H28N2O. The topological polar surface area (TPSA) is 37.5 Å². The summed E-state index contributed by atoms with van der Waals surface area (Å²) in [5, 5.41) is 4.77. The molecule has 1 aliphatic heterocycles. The van der Waals surface area contributed by atoms with Crippen molar-refractivity contribution in [2.24, 2.45) is 0 Å². The van der Waals surface area contributed by atoms with Gasteiger partial charge in [-0.05, 0) is 56.0 Å². The average Bonchev–Trinajstić information content (AvgIpc) is 3.37. The molecule has 0 radical (unpaired) electrons. The van der Waals surface area contributed by atoms with Crippen LogP contribution in [0.15, 0.2) is 24.3 Å². The SMILES string of the molecule is CC.CCc1cc(C)nc2ccc(NCCCC3CO3)cc12. The Morgan fingerprint density at radius 3 is 2.73 bits per heavy atom. The number of aryl methyl sites for hydroxylation is 2. The number of pyridine rings is 1. The normalized spacial score (nSPS) is 16.1. The fraction of sp³-hybridized carbons (Fsp3) is 0.526. The second-order valence-corrected chi connectivity index (χ2v) is 5.53. The Hall–Kier alpha value is -1.61. The van der Waals surface area contributed by atoms with Crippen molar-refractivity contribution in [2.45, 2.75) is 53.1 Å². The maximum atomic E-state index is 5.22. The Morgan fingerprint density at radius 1 is 1.27 bits per heavy atom. The van der Waals surface area contributed by atoms with Gasteiger partial charge in [0, 0.05) is 23.3 Å². The lowest BCUT2D eigenvalue weighted by atomic mass is 10.0. The van der Waals surface area contributed by atoms with Crippen molar-refractivity contribution in [3.05, 3.63) is 35.5 Å². The molecule has 0 aliphatic carbocycles. The third-order valence-corrected chi connectivity index (χ3v) is 3.84. The highest BCUT2D eigenvalue weighted by Gasteiger charge is 2.20. The number of hydrogen-bond acceptors (Lipinski definition) is 3. The van der Waals surface area contributed by atoms with Crippen LogP contribution in [0.4, 0.5) is 5.69 Å². The van der Waals surface area contributed by atoms with Gasteiger partial charge in [0.05, 0.1) is 18.2 Å².